The van der Waals surface area contributed by atoms with E-state index in [1.807, 2.05) is 39.0 Å². The highest BCUT2D eigenvalue weighted by Crippen LogP contribution is 2.28. The van der Waals surface area contributed by atoms with Gasteiger partial charge in [-0.3, -0.25) is 13.9 Å². The van der Waals surface area contributed by atoms with Crippen LogP contribution in [0.25, 0.3) is 0 Å². The summed E-state index contributed by atoms with van der Waals surface area (Å²) in [5.41, 5.74) is 2.88. The molecule has 0 fully saturated rings. The van der Waals surface area contributed by atoms with Crippen LogP contribution in [-0.2, 0) is 32.6 Å². The summed E-state index contributed by atoms with van der Waals surface area (Å²) < 4.78 is 29.2. The first kappa shape index (κ1) is 31.2. The fourth-order valence-corrected chi connectivity index (χ4v) is 6.02. The number of benzene rings is 3. The van der Waals surface area contributed by atoms with Crippen LogP contribution >= 0.6 is 11.6 Å². The number of para-hydroxylation sites is 1. The van der Waals surface area contributed by atoms with E-state index in [2.05, 4.69) is 5.32 Å². The maximum absolute atomic E-state index is 14.0. The average Bonchev–Trinajstić information content (AvgIpc) is 2.94. The predicted molar refractivity (Wildman–Crippen MR) is 161 cm³/mol. The van der Waals surface area contributed by atoms with Gasteiger partial charge in [0.25, 0.3) is 10.0 Å². The highest BCUT2D eigenvalue weighted by Gasteiger charge is 2.33. The van der Waals surface area contributed by atoms with E-state index in [1.165, 1.54) is 4.90 Å². The number of carbonyl (C=O) groups excluding carboxylic acids is 2. The minimum Gasteiger partial charge on any atom is -0.354 e. The lowest BCUT2D eigenvalue weighted by Gasteiger charge is -2.32. The van der Waals surface area contributed by atoms with E-state index < -0.39 is 28.5 Å². The Morgan fingerprint density at radius 3 is 2.33 bits per heavy atom. The third-order valence-corrected chi connectivity index (χ3v) is 8.78. The van der Waals surface area contributed by atoms with Crippen LogP contribution in [0.5, 0.6) is 0 Å². The molecule has 7 nitrogen and oxygen atoms in total. The van der Waals surface area contributed by atoms with Crippen LogP contribution in [-0.4, -0.2) is 44.3 Å². The summed E-state index contributed by atoms with van der Waals surface area (Å²) in [4.78, 5) is 28.6. The number of sulfonamides is 1. The average molecular weight is 584 g/mol. The maximum atomic E-state index is 14.0. The lowest BCUT2D eigenvalue weighted by molar-refractivity contribution is -0.139. The van der Waals surface area contributed by atoms with Gasteiger partial charge in [0.2, 0.25) is 11.8 Å². The molecular weight excluding hydrogens is 546 g/mol. The third-order valence-electron chi connectivity index (χ3n) is 6.77. The molecule has 1 unspecified atom stereocenters. The molecule has 0 aliphatic heterocycles. The summed E-state index contributed by atoms with van der Waals surface area (Å²) in [5.74, 6) is -0.801. The van der Waals surface area contributed by atoms with Crippen molar-refractivity contribution in [1.29, 1.82) is 0 Å². The van der Waals surface area contributed by atoms with Gasteiger partial charge in [0.05, 0.1) is 10.6 Å². The van der Waals surface area contributed by atoms with Gasteiger partial charge in [0.15, 0.2) is 0 Å². The third kappa shape index (κ3) is 7.86. The van der Waals surface area contributed by atoms with E-state index in [1.54, 1.807) is 61.5 Å². The first-order chi connectivity index (χ1) is 19.1. The van der Waals surface area contributed by atoms with Crippen molar-refractivity contribution in [3.8, 4) is 0 Å². The van der Waals surface area contributed by atoms with Gasteiger partial charge in [-0.15, -0.1) is 0 Å². The van der Waals surface area contributed by atoms with Crippen LogP contribution in [0.3, 0.4) is 0 Å². The summed E-state index contributed by atoms with van der Waals surface area (Å²) in [5, 5.41) is 3.39. The molecule has 0 aliphatic carbocycles. The van der Waals surface area contributed by atoms with Crippen molar-refractivity contribution >= 4 is 39.1 Å². The van der Waals surface area contributed by atoms with Crippen molar-refractivity contribution in [2.24, 2.45) is 0 Å². The second-order valence-corrected chi connectivity index (χ2v) is 12.1. The van der Waals surface area contributed by atoms with Crippen molar-refractivity contribution in [1.82, 2.24) is 10.2 Å². The monoisotopic (exact) mass is 583 g/mol. The van der Waals surface area contributed by atoms with E-state index in [0.717, 1.165) is 33.8 Å². The van der Waals surface area contributed by atoms with Crippen molar-refractivity contribution in [3.63, 3.8) is 0 Å². The number of unbranched alkanes of at least 4 members (excludes halogenated alkanes) is 1. The molecule has 3 aromatic rings. The Bertz CT molecular complexity index is 1410. The normalized spacial score (nSPS) is 12.0. The number of carbonyl (C=O) groups is 2. The smallest absolute Gasteiger partial charge is 0.264 e. The van der Waals surface area contributed by atoms with E-state index in [9.17, 15) is 18.0 Å². The Morgan fingerprint density at radius 2 is 1.68 bits per heavy atom. The number of hydrogen-bond donors (Lipinski definition) is 1. The molecule has 3 rings (SSSR count). The van der Waals surface area contributed by atoms with Crippen LogP contribution < -0.4 is 9.62 Å². The minimum atomic E-state index is -4.11. The zero-order valence-corrected chi connectivity index (χ0v) is 25.1. The topological polar surface area (TPSA) is 86.8 Å². The first-order valence-corrected chi connectivity index (χ1v) is 15.4. The number of rotatable bonds is 13. The van der Waals surface area contributed by atoms with Crippen LogP contribution in [0, 0.1) is 6.92 Å². The van der Waals surface area contributed by atoms with Crippen LogP contribution in [0.2, 0.25) is 5.02 Å². The van der Waals surface area contributed by atoms with Gasteiger partial charge in [-0.25, -0.2) is 8.42 Å². The highest BCUT2D eigenvalue weighted by molar-refractivity contribution is 7.92. The lowest BCUT2D eigenvalue weighted by Crippen LogP contribution is -2.51. The lowest BCUT2D eigenvalue weighted by atomic mass is 10.1. The van der Waals surface area contributed by atoms with E-state index in [0.29, 0.717) is 23.7 Å². The highest BCUT2D eigenvalue weighted by atomic mass is 35.5. The number of halogens is 1. The Balaban J connectivity index is 2.04. The van der Waals surface area contributed by atoms with Crippen molar-refractivity contribution in [3.05, 3.63) is 94.5 Å². The molecule has 0 spiro atoms. The van der Waals surface area contributed by atoms with E-state index >= 15 is 0 Å². The van der Waals surface area contributed by atoms with E-state index in [-0.39, 0.29) is 17.3 Å². The standard InChI is InChI=1S/C31H38ClN3O4S/c1-5-7-19-33-31(37)24(4)34(21-25-11-10-13-27(32)20-25)30(36)22-35(29-14-9-8-12-26(29)6-2)40(38,39)28-17-15-23(3)16-18-28/h8-18,20,24H,5-7,19,21-22H2,1-4H3,(H,33,37). The Morgan fingerprint density at radius 1 is 0.975 bits per heavy atom. The predicted octanol–water partition coefficient (Wildman–Crippen LogP) is 5.74. The van der Waals surface area contributed by atoms with Crippen molar-refractivity contribution in [2.75, 3.05) is 17.4 Å². The van der Waals surface area contributed by atoms with Crippen LogP contribution in [0.15, 0.2) is 77.7 Å². The zero-order valence-electron chi connectivity index (χ0n) is 23.6. The molecule has 0 radical (unpaired) electrons. The molecule has 0 aromatic heterocycles. The summed E-state index contributed by atoms with van der Waals surface area (Å²) in [6, 6.07) is 19.9. The molecule has 0 saturated carbocycles. The fraction of sp³-hybridized carbons (Fsp3) is 0.355. The fourth-order valence-electron chi connectivity index (χ4n) is 4.35. The molecule has 2 amide bonds. The zero-order chi connectivity index (χ0) is 29.3. The van der Waals surface area contributed by atoms with Gasteiger partial charge in [-0.2, -0.15) is 0 Å². The second-order valence-electron chi connectivity index (χ2n) is 9.78. The molecule has 0 heterocycles. The Labute approximate surface area is 243 Å². The Hall–Kier alpha value is -3.36. The molecule has 9 heteroatoms. The summed E-state index contributed by atoms with van der Waals surface area (Å²) in [7, 11) is -4.11. The van der Waals surface area contributed by atoms with Gasteiger partial charge in [0, 0.05) is 18.1 Å². The molecule has 0 bridgehead atoms. The number of anilines is 1. The maximum Gasteiger partial charge on any atom is 0.264 e. The van der Waals surface area contributed by atoms with Crippen molar-refractivity contribution < 1.29 is 18.0 Å². The molecule has 1 atom stereocenters. The second kappa shape index (κ2) is 14.3. The number of amides is 2. The van der Waals surface area contributed by atoms with Gasteiger partial charge >= 0.3 is 0 Å². The summed E-state index contributed by atoms with van der Waals surface area (Å²) >= 11 is 6.20. The molecular formula is C31H38ClN3O4S. The van der Waals surface area contributed by atoms with Crippen LogP contribution in [0.1, 0.15) is 50.3 Å². The molecule has 0 saturated heterocycles. The number of nitrogens with one attached hydrogen (secondary N) is 1. The number of aryl methyl sites for hydroxylation is 2. The molecule has 1 N–H and O–H groups in total. The van der Waals surface area contributed by atoms with E-state index in [4.69, 9.17) is 11.6 Å². The van der Waals surface area contributed by atoms with Gasteiger partial charge in [0.1, 0.15) is 12.6 Å². The van der Waals surface area contributed by atoms with Gasteiger partial charge < -0.3 is 10.2 Å². The SMILES string of the molecule is CCCCNC(=O)C(C)N(Cc1cccc(Cl)c1)C(=O)CN(c1ccccc1CC)S(=O)(=O)c1ccc(C)cc1. The molecule has 0 aliphatic rings. The Kier molecular flexibility index (Phi) is 11.2. The van der Waals surface area contributed by atoms with Gasteiger partial charge in [-0.1, -0.05) is 79.9 Å². The summed E-state index contributed by atoms with van der Waals surface area (Å²) in [6.07, 6.45) is 2.31. The largest absolute Gasteiger partial charge is 0.354 e. The molecule has 40 heavy (non-hydrogen) atoms. The number of nitrogens with zero attached hydrogens (tertiary/aromatic N) is 2. The summed E-state index contributed by atoms with van der Waals surface area (Å²) in [6.45, 7) is 7.62. The van der Waals surface area contributed by atoms with Crippen molar-refractivity contribution in [2.45, 2.75) is 64.4 Å². The molecule has 3 aromatic carbocycles. The first-order valence-electron chi connectivity index (χ1n) is 13.6. The van der Waals surface area contributed by atoms with Crippen LogP contribution in [0.4, 0.5) is 5.69 Å². The minimum absolute atomic E-state index is 0.0866. The van der Waals surface area contributed by atoms with Gasteiger partial charge in [-0.05, 0) is 68.1 Å². The quantitative estimate of drug-likeness (QED) is 0.260. The number of hydrogen-bond acceptors (Lipinski definition) is 4. The molecule has 214 valence electrons.